The summed E-state index contributed by atoms with van der Waals surface area (Å²) in [6.45, 7) is 3.48. The number of aromatic carboxylic acids is 1. The minimum Gasteiger partial charge on any atom is -0.478 e. The molecule has 0 saturated heterocycles. The van der Waals surface area contributed by atoms with E-state index in [1.807, 2.05) is 0 Å². The van der Waals surface area contributed by atoms with E-state index in [1.165, 1.54) is 17.8 Å². The summed E-state index contributed by atoms with van der Waals surface area (Å²) in [6.07, 6.45) is -0.401. The minimum atomic E-state index is -1.03. The van der Waals surface area contributed by atoms with Gasteiger partial charge in [0.25, 0.3) is 0 Å². The maximum absolute atomic E-state index is 10.8. The summed E-state index contributed by atoms with van der Waals surface area (Å²) in [4.78, 5) is 11.7. The second-order valence-electron chi connectivity index (χ2n) is 3.52. The number of carboxylic acid groups (broad SMARTS) is 1. The smallest absolute Gasteiger partial charge is 0.337 e. The van der Waals surface area contributed by atoms with Gasteiger partial charge in [0, 0.05) is 10.6 Å². The molecule has 0 saturated carbocycles. The molecule has 0 aliphatic heterocycles. The Hall–Kier alpha value is -0.710. The summed E-state index contributed by atoms with van der Waals surface area (Å²) in [5.41, 5.74) is 0.854. The van der Waals surface area contributed by atoms with Gasteiger partial charge in [0.2, 0.25) is 0 Å². The van der Waals surface area contributed by atoms with E-state index in [2.05, 4.69) is 0 Å². The molecule has 1 aromatic carbocycles. The SMILES string of the molecule is Cc1c(SCC(C)O)ccc(C(=O)O)c1Cl. The van der Waals surface area contributed by atoms with Gasteiger partial charge in [-0.1, -0.05) is 11.6 Å². The van der Waals surface area contributed by atoms with Crippen molar-refractivity contribution < 1.29 is 15.0 Å². The third-order valence-electron chi connectivity index (χ3n) is 2.05. The zero-order valence-corrected chi connectivity index (χ0v) is 10.6. The Morgan fingerprint density at radius 1 is 1.56 bits per heavy atom. The number of benzene rings is 1. The molecular formula is C11H13ClO3S. The Bertz CT molecular complexity index is 404. The van der Waals surface area contributed by atoms with Crippen molar-refractivity contribution >= 4 is 29.3 Å². The summed E-state index contributed by atoms with van der Waals surface area (Å²) in [7, 11) is 0. The van der Waals surface area contributed by atoms with Crippen LogP contribution in [0.25, 0.3) is 0 Å². The molecule has 0 heterocycles. The zero-order valence-electron chi connectivity index (χ0n) is 9.03. The van der Waals surface area contributed by atoms with E-state index in [-0.39, 0.29) is 10.6 Å². The molecule has 0 bridgehead atoms. The molecule has 0 radical (unpaired) electrons. The molecule has 2 N–H and O–H groups in total. The summed E-state index contributed by atoms with van der Waals surface area (Å²) in [5.74, 6) is -0.469. The van der Waals surface area contributed by atoms with E-state index in [0.717, 1.165) is 10.5 Å². The molecule has 88 valence electrons. The lowest BCUT2D eigenvalue weighted by Crippen LogP contribution is -2.04. The Balaban J connectivity index is 2.98. The third kappa shape index (κ3) is 3.14. The van der Waals surface area contributed by atoms with Crippen LogP contribution in [0.1, 0.15) is 22.8 Å². The number of aliphatic hydroxyl groups excluding tert-OH is 1. The highest BCUT2D eigenvalue weighted by molar-refractivity contribution is 7.99. The maximum Gasteiger partial charge on any atom is 0.337 e. The van der Waals surface area contributed by atoms with Crippen molar-refractivity contribution in [3.05, 3.63) is 28.3 Å². The first-order valence-corrected chi connectivity index (χ1v) is 6.13. The number of carbonyl (C=O) groups is 1. The predicted octanol–water partition coefficient (Wildman–Crippen LogP) is 2.82. The summed E-state index contributed by atoms with van der Waals surface area (Å²) in [6, 6.07) is 3.21. The van der Waals surface area contributed by atoms with Crippen molar-refractivity contribution in [2.75, 3.05) is 5.75 Å². The standard InChI is InChI=1S/C11H13ClO3S/c1-6(13)5-16-9-4-3-8(11(14)15)10(12)7(9)2/h3-4,6,13H,5H2,1-2H3,(H,14,15). The molecule has 0 fully saturated rings. The van der Waals surface area contributed by atoms with Crippen LogP contribution in [0, 0.1) is 6.92 Å². The fourth-order valence-electron chi connectivity index (χ4n) is 1.20. The molecule has 0 spiro atoms. The van der Waals surface area contributed by atoms with Gasteiger partial charge in [-0.15, -0.1) is 11.8 Å². The summed E-state index contributed by atoms with van der Waals surface area (Å²) in [5, 5.41) is 18.3. The quantitative estimate of drug-likeness (QED) is 0.818. The predicted molar refractivity (Wildman–Crippen MR) is 65.6 cm³/mol. The van der Waals surface area contributed by atoms with Gasteiger partial charge in [0.15, 0.2) is 0 Å². The molecule has 1 unspecified atom stereocenters. The van der Waals surface area contributed by atoms with Gasteiger partial charge in [-0.25, -0.2) is 4.79 Å². The second kappa shape index (κ2) is 5.57. The highest BCUT2D eigenvalue weighted by Gasteiger charge is 2.13. The van der Waals surface area contributed by atoms with Crippen molar-refractivity contribution in [3.63, 3.8) is 0 Å². The number of hydrogen-bond donors (Lipinski definition) is 2. The molecule has 0 aliphatic rings. The molecule has 3 nitrogen and oxygen atoms in total. The Morgan fingerprint density at radius 3 is 2.69 bits per heavy atom. The summed E-state index contributed by atoms with van der Waals surface area (Å²) >= 11 is 7.41. The molecule has 0 amide bonds. The van der Waals surface area contributed by atoms with Crippen LogP contribution in [-0.2, 0) is 0 Å². The van der Waals surface area contributed by atoms with Crippen LogP contribution in [0.4, 0.5) is 0 Å². The molecule has 1 atom stereocenters. The second-order valence-corrected chi connectivity index (χ2v) is 4.96. The molecule has 0 aromatic heterocycles. The topological polar surface area (TPSA) is 57.5 Å². The Labute approximate surface area is 103 Å². The van der Waals surface area contributed by atoms with Crippen molar-refractivity contribution in [3.8, 4) is 0 Å². The zero-order chi connectivity index (χ0) is 12.3. The maximum atomic E-state index is 10.8. The highest BCUT2D eigenvalue weighted by atomic mass is 35.5. The van der Waals surface area contributed by atoms with Crippen LogP contribution < -0.4 is 0 Å². The van der Waals surface area contributed by atoms with Gasteiger partial charge in [-0.05, 0) is 31.5 Å². The van der Waals surface area contributed by atoms with E-state index in [9.17, 15) is 4.79 Å². The number of rotatable bonds is 4. The largest absolute Gasteiger partial charge is 0.478 e. The van der Waals surface area contributed by atoms with E-state index >= 15 is 0 Å². The van der Waals surface area contributed by atoms with E-state index in [0.29, 0.717) is 5.75 Å². The molecule has 16 heavy (non-hydrogen) atoms. The fraction of sp³-hybridized carbons (Fsp3) is 0.364. The van der Waals surface area contributed by atoms with Crippen LogP contribution in [0.2, 0.25) is 5.02 Å². The highest BCUT2D eigenvalue weighted by Crippen LogP contribution is 2.30. The van der Waals surface area contributed by atoms with Gasteiger partial charge in [-0.3, -0.25) is 0 Å². The van der Waals surface area contributed by atoms with Crippen molar-refractivity contribution in [2.45, 2.75) is 24.8 Å². The van der Waals surface area contributed by atoms with Crippen molar-refractivity contribution in [1.29, 1.82) is 0 Å². The van der Waals surface area contributed by atoms with Crippen LogP contribution >= 0.6 is 23.4 Å². The monoisotopic (exact) mass is 260 g/mol. The van der Waals surface area contributed by atoms with Crippen LogP contribution in [-0.4, -0.2) is 28.0 Å². The average Bonchev–Trinajstić information content (AvgIpc) is 2.19. The van der Waals surface area contributed by atoms with Crippen LogP contribution in [0.15, 0.2) is 17.0 Å². The van der Waals surface area contributed by atoms with Gasteiger partial charge < -0.3 is 10.2 Å². The lowest BCUT2D eigenvalue weighted by atomic mass is 10.1. The first kappa shape index (κ1) is 13.4. The van der Waals surface area contributed by atoms with E-state index in [1.54, 1.807) is 19.9 Å². The number of halogens is 1. The lowest BCUT2D eigenvalue weighted by molar-refractivity contribution is 0.0697. The average molecular weight is 261 g/mol. The van der Waals surface area contributed by atoms with Crippen LogP contribution in [0.5, 0.6) is 0 Å². The van der Waals surface area contributed by atoms with Crippen molar-refractivity contribution in [1.82, 2.24) is 0 Å². The number of aliphatic hydroxyl groups is 1. The number of hydrogen-bond acceptors (Lipinski definition) is 3. The molecule has 1 rings (SSSR count). The molecule has 0 aliphatic carbocycles. The molecule has 1 aromatic rings. The Morgan fingerprint density at radius 2 is 2.19 bits per heavy atom. The third-order valence-corrected chi connectivity index (χ3v) is 3.94. The van der Waals surface area contributed by atoms with Gasteiger partial charge in [0.05, 0.1) is 16.7 Å². The minimum absolute atomic E-state index is 0.112. The first-order chi connectivity index (χ1) is 7.43. The Kier molecular flexibility index (Phi) is 4.65. The summed E-state index contributed by atoms with van der Waals surface area (Å²) < 4.78 is 0. The number of thioether (sulfide) groups is 1. The van der Waals surface area contributed by atoms with Crippen LogP contribution in [0.3, 0.4) is 0 Å². The van der Waals surface area contributed by atoms with E-state index in [4.69, 9.17) is 21.8 Å². The number of carboxylic acids is 1. The fourth-order valence-corrected chi connectivity index (χ4v) is 2.40. The van der Waals surface area contributed by atoms with Gasteiger partial charge in [0.1, 0.15) is 0 Å². The van der Waals surface area contributed by atoms with E-state index < -0.39 is 12.1 Å². The normalized spacial score (nSPS) is 12.5. The van der Waals surface area contributed by atoms with Crippen molar-refractivity contribution in [2.24, 2.45) is 0 Å². The van der Waals surface area contributed by atoms with Gasteiger partial charge >= 0.3 is 5.97 Å². The lowest BCUT2D eigenvalue weighted by Gasteiger charge is -2.10. The first-order valence-electron chi connectivity index (χ1n) is 4.76. The molecule has 5 heteroatoms. The van der Waals surface area contributed by atoms with Gasteiger partial charge in [-0.2, -0.15) is 0 Å². The molecular weight excluding hydrogens is 248 g/mol.